The lowest BCUT2D eigenvalue weighted by atomic mass is 10.2. The Morgan fingerprint density at radius 2 is 2.03 bits per heavy atom. The molecule has 0 radical (unpaired) electrons. The highest BCUT2D eigenvalue weighted by Gasteiger charge is 2.13. The second kappa shape index (κ2) is 8.97. The van der Waals surface area contributed by atoms with Crippen molar-refractivity contribution in [1.29, 1.82) is 0 Å². The molecule has 3 aromatic heterocycles. The van der Waals surface area contributed by atoms with Crippen LogP contribution in [0.5, 0.6) is 5.75 Å². The molecule has 0 saturated carbocycles. The predicted molar refractivity (Wildman–Crippen MR) is 113 cm³/mol. The summed E-state index contributed by atoms with van der Waals surface area (Å²) in [6.07, 6.45) is 0.616. The van der Waals surface area contributed by atoms with E-state index in [0.29, 0.717) is 29.9 Å². The van der Waals surface area contributed by atoms with Crippen molar-refractivity contribution in [1.82, 2.24) is 15.1 Å². The fourth-order valence-electron chi connectivity index (χ4n) is 2.62. The van der Waals surface area contributed by atoms with Gasteiger partial charge in [0.05, 0.1) is 17.2 Å². The molecule has 4 aromatic rings. The van der Waals surface area contributed by atoms with Crippen molar-refractivity contribution in [3.8, 4) is 27.7 Å². The number of aryl methyl sites for hydroxylation is 1. The van der Waals surface area contributed by atoms with E-state index in [0.717, 1.165) is 21.9 Å². The van der Waals surface area contributed by atoms with Crippen molar-refractivity contribution >= 4 is 33.7 Å². The van der Waals surface area contributed by atoms with Gasteiger partial charge in [0.25, 0.3) is 0 Å². The lowest BCUT2D eigenvalue weighted by molar-refractivity contribution is -0.116. The molecule has 0 saturated heterocycles. The zero-order valence-electron chi connectivity index (χ0n) is 15.6. The highest BCUT2D eigenvalue weighted by atomic mass is 32.1. The highest BCUT2D eigenvalue weighted by molar-refractivity contribution is 7.14. The summed E-state index contributed by atoms with van der Waals surface area (Å²) < 4.78 is 10.7. The van der Waals surface area contributed by atoms with Crippen molar-refractivity contribution in [2.24, 2.45) is 0 Å². The molecule has 7 nitrogen and oxygen atoms in total. The Kier molecular flexibility index (Phi) is 5.97. The summed E-state index contributed by atoms with van der Waals surface area (Å²) in [7, 11) is 0. The Labute approximate surface area is 175 Å². The van der Waals surface area contributed by atoms with Gasteiger partial charge in [-0.05, 0) is 42.6 Å². The molecular formula is C20H18N4O3S2. The number of nitrogens with zero attached hydrogens (tertiary/aromatic N) is 3. The van der Waals surface area contributed by atoms with Crippen LogP contribution < -0.4 is 10.1 Å². The number of thiophene rings is 1. The minimum atomic E-state index is -0.145. The second-order valence-corrected chi connectivity index (χ2v) is 7.84. The minimum absolute atomic E-state index is 0.145. The van der Waals surface area contributed by atoms with Gasteiger partial charge in [-0.15, -0.1) is 22.7 Å². The van der Waals surface area contributed by atoms with Gasteiger partial charge in [-0.3, -0.25) is 4.79 Å². The Balaban J connectivity index is 1.31. The van der Waals surface area contributed by atoms with Gasteiger partial charge in [-0.25, -0.2) is 4.98 Å². The number of ether oxygens (including phenoxy) is 1. The first-order valence-electron chi connectivity index (χ1n) is 9.06. The summed E-state index contributed by atoms with van der Waals surface area (Å²) in [5.74, 6) is 1.67. The normalized spacial score (nSPS) is 10.8. The lowest BCUT2D eigenvalue weighted by Gasteiger charge is -2.03. The minimum Gasteiger partial charge on any atom is -0.494 e. The van der Waals surface area contributed by atoms with E-state index in [9.17, 15) is 4.79 Å². The molecule has 0 spiro atoms. The van der Waals surface area contributed by atoms with Crippen molar-refractivity contribution in [3.05, 3.63) is 53.0 Å². The van der Waals surface area contributed by atoms with Crippen molar-refractivity contribution < 1.29 is 14.1 Å². The molecule has 3 heterocycles. The monoisotopic (exact) mass is 426 g/mol. The molecule has 1 aromatic carbocycles. The second-order valence-electron chi connectivity index (χ2n) is 6.03. The van der Waals surface area contributed by atoms with Gasteiger partial charge in [0.2, 0.25) is 17.6 Å². The first-order valence-corrected chi connectivity index (χ1v) is 10.8. The summed E-state index contributed by atoms with van der Waals surface area (Å²) in [5, 5.41) is 11.2. The van der Waals surface area contributed by atoms with Crippen LogP contribution in [0.2, 0.25) is 0 Å². The fraction of sp³-hybridized carbons (Fsp3) is 0.200. The predicted octanol–water partition coefficient (Wildman–Crippen LogP) is 4.89. The topological polar surface area (TPSA) is 90.1 Å². The molecule has 4 rings (SSSR count). The Morgan fingerprint density at radius 3 is 2.79 bits per heavy atom. The van der Waals surface area contributed by atoms with Gasteiger partial charge in [0.1, 0.15) is 5.75 Å². The maximum atomic E-state index is 12.2. The van der Waals surface area contributed by atoms with E-state index in [1.165, 1.54) is 11.3 Å². The van der Waals surface area contributed by atoms with Gasteiger partial charge >= 0.3 is 0 Å². The van der Waals surface area contributed by atoms with Crippen molar-refractivity contribution in [3.63, 3.8) is 0 Å². The van der Waals surface area contributed by atoms with Crippen LogP contribution in [0.15, 0.2) is 51.7 Å². The smallest absolute Gasteiger partial charge is 0.227 e. The summed E-state index contributed by atoms with van der Waals surface area (Å²) in [6.45, 7) is 2.58. The van der Waals surface area contributed by atoms with Crippen LogP contribution in [0, 0.1) is 0 Å². The first-order chi connectivity index (χ1) is 14.2. The third kappa shape index (κ3) is 4.87. The Morgan fingerprint density at radius 1 is 1.17 bits per heavy atom. The largest absolute Gasteiger partial charge is 0.494 e. The molecule has 0 fully saturated rings. The number of aromatic nitrogens is 3. The van der Waals surface area contributed by atoms with E-state index in [2.05, 4.69) is 20.4 Å². The Bertz CT molecular complexity index is 1070. The van der Waals surface area contributed by atoms with Crippen LogP contribution in [0.1, 0.15) is 19.2 Å². The summed E-state index contributed by atoms with van der Waals surface area (Å²) in [6, 6.07) is 11.6. The van der Waals surface area contributed by atoms with E-state index in [1.807, 2.05) is 54.1 Å². The van der Waals surface area contributed by atoms with Gasteiger partial charge < -0.3 is 14.6 Å². The standard InChI is InChI=1S/C20H18N4O3S2/c1-2-26-14-7-5-13(6-8-14)15-12-29-20(21-15)22-17(25)9-10-18-23-19(24-27-18)16-4-3-11-28-16/h3-8,11-12H,2,9-10H2,1H3,(H,21,22,25). The van der Waals surface area contributed by atoms with Crippen LogP contribution in [-0.2, 0) is 11.2 Å². The average Bonchev–Trinajstić information content (AvgIpc) is 3.48. The number of nitrogens with one attached hydrogen (secondary N) is 1. The van der Waals surface area contributed by atoms with Crippen molar-refractivity contribution in [2.45, 2.75) is 19.8 Å². The molecule has 148 valence electrons. The number of carbonyl (C=O) groups excluding carboxylic acids is 1. The Hall–Kier alpha value is -3.04. The zero-order chi connectivity index (χ0) is 20.1. The molecule has 9 heteroatoms. The number of anilines is 1. The molecule has 1 amide bonds. The molecule has 0 aliphatic rings. The third-order valence-corrected chi connectivity index (χ3v) is 5.61. The van der Waals surface area contributed by atoms with Gasteiger partial charge in [0, 0.05) is 23.8 Å². The lowest BCUT2D eigenvalue weighted by Crippen LogP contribution is -2.12. The quantitative estimate of drug-likeness (QED) is 0.431. The van der Waals surface area contributed by atoms with Crippen molar-refractivity contribution in [2.75, 3.05) is 11.9 Å². The average molecular weight is 427 g/mol. The molecule has 1 N–H and O–H groups in total. The molecule has 29 heavy (non-hydrogen) atoms. The molecular weight excluding hydrogens is 408 g/mol. The van der Waals surface area contributed by atoms with Crippen LogP contribution >= 0.6 is 22.7 Å². The number of hydrogen-bond acceptors (Lipinski definition) is 8. The summed E-state index contributed by atoms with van der Waals surface area (Å²) in [5.41, 5.74) is 1.78. The number of benzene rings is 1. The van der Waals surface area contributed by atoms with E-state index in [4.69, 9.17) is 9.26 Å². The van der Waals surface area contributed by atoms with E-state index in [-0.39, 0.29) is 12.3 Å². The van der Waals surface area contributed by atoms with Crippen LogP contribution in [0.3, 0.4) is 0 Å². The molecule has 0 aliphatic heterocycles. The zero-order valence-corrected chi connectivity index (χ0v) is 17.3. The maximum Gasteiger partial charge on any atom is 0.227 e. The molecule has 0 unspecified atom stereocenters. The van der Waals surface area contributed by atoms with E-state index in [1.54, 1.807) is 11.3 Å². The van der Waals surface area contributed by atoms with E-state index < -0.39 is 0 Å². The third-order valence-electron chi connectivity index (χ3n) is 3.99. The first kappa shape index (κ1) is 19.3. The van der Waals surface area contributed by atoms with Gasteiger partial charge in [-0.2, -0.15) is 4.98 Å². The molecule has 0 aliphatic carbocycles. The molecule has 0 atom stereocenters. The highest BCUT2D eigenvalue weighted by Crippen LogP contribution is 2.27. The van der Waals surface area contributed by atoms with Gasteiger partial charge in [-0.1, -0.05) is 11.2 Å². The van der Waals surface area contributed by atoms with Crippen LogP contribution in [0.25, 0.3) is 22.0 Å². The molecule has 0 bridgehead atoms. The van der Waals surface area contributed by atoms with Crippen LogP contribution in [0.4, 0.5) is 5.13 Å². The van der Waals surface area contributed by atoms with Gasteiger partial charge in [0.15, 0.2) is 5.13 Å². The number of amides is 1. The number of carbonyl (C=O) groups is 1. The number of rotatable bonds is 8. The van der Waals surface area contributed by atoms with E-state index >= 15 is 0 Å². The number of hydrogen-bond donors (Lipinski definition) is 1. The maximum absolute atomic E-state index is 12.2. The summed E-state index contributed by atoms with van der Waals surface area (Å²) >= 11 is 2.93. The number of thiazole rings is 1. The fourth-order valence-corrected chi connectivity index (χ4v) is 4.00. The van der Waals surface area contributed by atoms with Crippen LogP contribution in [-0.4, -0.2) is 27.6 Å². The summed E-state index contributed by atoms with van der Waals surface area (Å²) in [4.78, 5) is 22.0. The SMILES string of the molecule is CCOc1ccc(-c2csc(NC(=O)CCc3nc(-c4cccs4)no3)n2)cc1.